The van der Waals surface area contributed by atoms with Crippen LogP contribution in [-0.4, -0.2) is 47.8 Å². The highest BCUT2D eigenvalue weighted by Gasteiger charge is 2.62. The van der Waals surface area contributed by atoms with Gasteiger partial charge in [0.1, 0.15) is 23.0 Å². The molecule has 432 valence electrons. The third-order valence-corrected chi connectivity index (χ3v) is 21.1. The first-order valence-corrected chi connectivity index (χ1v) is 29.8. The average molecular weight is 1120 g/mol. The molecule has 4 aliphatic heterocycles. The van der Waals surface area contributed by atoms with Gasteiger partial charge in [-0.2, -0.15) is 0 Å². The number of benzene rings is 4. The summed E-state index contributed by atoms with van der Waals surface area (Å²) in [6.07, 6.45) is 16.4. The van der Waals surface area contributed by atoms with Gasteiger partial charge < -0.3 is 28.4 Å². The Balaban J connectivity index is 0.000000315. The third kappa shape index (κ3) is 10.8. The molecule has 6 fully saturated rings. The Labute approximate surface area is 480 Å². The molecule has 0 radical (unpaired) electrons. The van der Waals surface area contributed by atoms with Crippen LogP contribution in [0.1, 0.15) is 210 Å². The van der Waals surface area contributed by atoms with Gasteiger partial charge in [-0.25, -0.2) is 19.2 Å². The molecule has 0 N–H and O–H groups in total. The van der Waals surface area contributed by atoms with Crippen LogP contribution >= 0.6 is 0 Å². The van der Waals surface area contributed by atoms with Gasteiger partial charge >= 0.3 is 47.8 Å². The molecule has 2 saturated heterocycles. The van der Waals surface area contributed by atoms with Crippen LogP contribution in [0.5, 0.6) is 23.0 Å². The van der Waals surface area contributed by atoms with E-state index in [2.05, 4.69) is 68.4 Å². The highest BCUT2D eigenvalue weighted by atomic mass is 16.6. The van der Waals surface area contributed by atoms with E-state index in [1.54, 1.807) is 50.2 Å². The Morgan fingerprint density at radius 1 is 0.476 bits per heavy atom. The Hall–Kier alpha value is -6.96. The van der Waals surface area contributed by atoms with Crippen molar-refractivity contribution < 1.29 is 66.8 Å². The van der Waals surface area contributed by atoms with E-state index in [1.165, 1.54) is 75.3 Å². The Morgan fingerprint density at radius 3 is 1.43 bits per heavy atom. The molecule has 0 aromatic heterocycles. The first kappa shape index (κ1) is 56.9. The number of carbonyl (C=O) groups excluding carboxylic acids is 8. The van der Waals surface area contributed by atoms with Crippen molar-refractivity contribution in [2.24, 2.45) is 63.1 Å². The van der Waals surface area contributed by atoms with E-state index in [4.69, 9.17) is 18.9 Å². The van der Waals surface area contributed by atoms with E-state index >= 15 is 0 Å². The summed E-state index contributed by atoms with van der Waals surface area (Å²) in [5, 5.41) is 0. The highest BCUT2D eigenvalue weighted by molar-refractivity contribution is 6.15. The maximum absolute atomic E-state index is 12.3. The normalized spacial score (nSPS) is 28.7. The molecule has 4 saturated carbocycles. The summed E-state index contributed by atoms with van der Waals surface area (Å²) in [7, 11) is 0. The Kier molecular flexibility index (Phi) is 15.0. The second-order valence-corrected chi connectivity index (χ2v) is 27.2. The summed E-state index contributed by atoms with van der Waals surface area (Å²) in [4.78, 5) is 94.0. The largest absolute Gasteiger partial charge is 0.457 e. The van der Waals surface area contributed by atoms with Crippen molar-refractivity contribution in [2.45, 2.75) is 163 Å². The molecule has 4 aromatic carbocycles. The average Bonchev–Trinajstić information content (AvgIpc) is 2.04. The Morgan fingerprint density at radius 2 is 0.939 bits per heavy atom. The van der Waals surface area contributed by atoms with Crippen LogP contribution in [0.3, 0.4) is 0 Å². The van der Waals surface area contributed by atoms with Crippen LogP contribution in [0.25, 0.3) is 0 Å². The molecule has 0 bridgehead atoms. The minimum absolute atomic E-state index is 0.123. The molecule has 82 heavy (non-hydrogen) atoms. The predicted octanol–water partition coefficient (Wildman–Crippen LogP) is 14.4. The summed E-state index contributed by atoms with van der Waals surface area (Å²) in [5.41, 5.74) is 2.82. The van der Waals surface area contributed by atoms with Crippen molar-refractivity contribution >= 4 is 47.8 Å². The zero-order chi connectivity index (χ0) is 58.1. The Bertz CT molecular complexity index is 3050. The van der Waals surface area contributed by atoms with E-state index in [1.807, 2.05) is 24.3 Å². The number of cyclic esters (lactones) is 8. The topological polar surface area (TPSA) is 192 Å². The number of ether oxygens (including phenoxy) is 6. The molecule has 14 heteroatoms. The monoisotopic (exact) mass is 1120 g/mol. The van der Waals surface area contributed by atoms with Gasteiger partial charge in [-0.1, -0.05) is 92.0 Å². The van der Waals surface area contributed by atoms with Gasteiger partial charge in [0.2, 0.25) is 0 Å². The first-order chi connectivity index (χ1) is 38.9. The maximum Gasteiger partial charge on any atom is 0.347 e. The van der Waals surface area contributed by atoms with Gasteiger partial charge in [0.05, 0.1) is 47.9 Å². The summed E-state index contributed by atoms with van der Waals surface area (Å²) < 4.78 is 31.1. The number of fused-ring (bicyclic) bond motifs is 7. The second kappa shape index (κ2) is 21.7. The van der Waals surface area contributed by atoms with Crippen LogP contribution in [0, 0.1) is 63.1 Å². The van der Waals surface area contributed by atoms with Gasteiger partial charge in [0.25, 0.3) is 0 Å². The van der Waals surface area contributed by atoms with Crippen molar-refractivity contribution in [3.05, 3.63) is 118 Å². The smallest absolute Gasteiger partial charge is 0.347 e. The fourth-order valence-electron chi connectivity index (χ4n) is 17.4. The van der Waals surface area contributed by atoms with Crippen LogP contribution in [0.15, 0.2) is 84.9 Å². The lowest BCUT2D eigenvalue weighted by atomic mass is 9.42. The zero-order valence-corrected chi connectivity index (χ0v) is 48.4. The molecule has 8 unspecified atom stereocenters. The fraction of sp³-hybridized carbons (Fsp3) is 0.529. The highest BCUT2D eigenvalue weighted by Crippen LogP contribution is 2.70. The van der Waals surface area contributed by atoms with E-state index in [-0.39, 0.29) is 58.8 Å². The lowest BCUT2D eigenvalue weighted by Crippen LogP contribution is -2.55. The van der Waals surface area contributed by atoms with Crippen LogP contribution < -0.4 is 9.47 Å². The van der Waals surface area contributed by atoms with Crippen molar-refractivity contribution in [2.75, 3.05) is 0 Å². The molecule has 14 nitrogen and oxygen atoms in total. The van der Waals surface area contributed by atoms with Crippen molar-refractivity contribution in [1.82, 2.24) is 0 Å². The van der Waals surface area contributed by atoms with Gasteiger partial charge in [-0.05, 0) is 199 Å². The number of esters is 8. The number of carbonyl (C=O) groups is 8. The standard InChI is InChI=1S/C55H60O8.C13H16O6/c1-32(2)7-6-8-33(3)46-23-24-47-43-20-13-36-31-55(28-27-53(36,4)48(43)25-26-54(46,47)5,34-9-14-37(15-10-34)60-39-18-21-41-44(29-39)51(58)62-49(41)56)35-11-16-38(17-12-35)61-40-19-22-42-45(30-40)52(59)63-50(42)57;1-12(3-8(14)18-9(15)4-12)7-13(2)5-10(16)19-11(17)6-13/h9-12,14-19,21-22,29-30,32-33,36,43,46-48H,6-8,13,20,23-28,31H2,1-5H3;3-7H2,1-2H3. The van der Waals surface area contributed by atoms with Crippen LogP contribution in [0.2, 0.25) is 0 Å². The molecule has 0 amide bonds. The molecule has 4 aliphatic carbocycles. The van der Waals surface area contributed by atoms with E-state index in [0.717, 1.165) is 48.3 Å². The van der Waals surface area contributed by atoms with E-state index < -0.39 is 58.6 Å². The lowest BCUT2D eigenvalue weighted by Gasteiger charge is -2.63. The van der Waals surface area contributed by atoms with Crippen LogP contribution in [0.4, 0.5) is 0 Å². The number of hydrogen-bond acceptors (Lipinski definition) is 14. The molecule has 8 aliphatic rings. The summed E-state index contributed by atoms with van der Waals surface area (Å²) >= 11 is 0. The lowest BCUT2D eigenvalue weighted by molar-refractivity contribution is -0.172. The SMILES string of the molecule is CC(C)CCCC(C)C1CCC2C3CCC4CC(c5ccc(Oc6ccc7c(c6)C(=O)OC7=O)cc5)(c5ccc(Oc6ccc7c(c6)C(=O)OC7=O)cc5)CCC4(C)C3CCC12C.CC1(CC2(C)CC(=O)OC(=O)C2)CC(=O)OC(=O)C1. The minimum atomic E-state index is -0.655. The molecular weight excluding hydrogens is 1040 g/mol. The molecule has 4 aromatic rings. The van der Waals surface area contributed by atoms with E-state index in [9.17, 15) is 38.4 Å². The summed E-state index contributed by atoms with van der Waals surface area (Å²) in [6.45, 7) is 16.3. The fourth-order valence-corrected chi connectivity index (χ4v) is 17.4. The van der Waals surface area contributed by atoms with Crippen molar-refractivity contribution in [3.8, 4) is 23.0 Å². The maximum atomic E-state index is 12.3. The molecule has 12 rings (SSSR count). The second-order valence-electron chi connectivity index (χ2n) is 27.2. The van der Waals surface area contributed by atoms with Gasteiger partial charge in [-0.15, -0.1) is 0 Å². The van der Waals surface area contributed by atoms with Crippen molar-refractivity contribution in [1.29, 1.82) is 0 Å². The number of rotatable bonds is 13. The van der Waals surface area contributed by atoms with Gasteiger partial charge in [0, 0.05) is 5.41 Å². The third-order valence-electron chi connectivity index (χ3n) is 21.1. The molecular formula is C68H76O14. The molecule has 8 atom stereocenters. The van der Waals surface area contributed by atoms with Crippen molar-refractivity contribution in [3.63, 3.8) is 0 Å². The summed E-state index contributed by atoms with van der Waals surface area (Å²) in [5.74, 6) is 2.89. The zero-order valence-electron chi connectivity index (χ0n) is 48.4. The van der Waals surface area contributed by atoms with Gasteiger partial charge in [0.15, 0.2) is 0 Å². The van der Waals surface area contributed by atoms with E-state index in [0.29, 0.717) is 40.8 Å². The van der Waals surface area contributed by atoms with Crippen LogP contribution in [-0.2, 0) is 43.5 Å². The molecule has 0 spiro atoms. The molecule has 4 heterocycles. The van der Waals surface area contributed by atoms with Gasteiger partial charge in [-0.3, -0.25) is 19.2 Å². The first-order valence-electron chi connectivity index (χ1n) is 29.8. The quantitative estimate of drug-likeness (QED) is 0.0697. The number of hydrogen-bond donors (Lipinski definition) is 0. The minimum Gasteiger partial charge on any atom is -0.457 e. The summed E-state index contributed by atoms with van der Waals surface area (Å²) in [6, 6.07) is 26.6. The predicted molar refractivity (Wildman–Crippen MR) is 301 cm³/mol.